The largest absolute Gasteiger partial charge is 0.355 e. The molecule has 0 atom stereocenters. The van der Waals surface area contributed by atoms with Crippen LogP contribution in [0.25, 0.3) is 11.1 Å². The second-order valence-corrected chi connectivity index (χ2v) is 9.64. The maximum atomic E-state index is 14.7. The summed E-state index contributed by atoms with van der Waals surface area (Å²) in [5.41, 5.74) is 3.66. The molecule has 0 heterocycles. The fraction of sp³-hybridized carbons (Fsp3) is 0.364. The Hall–Kier alpha value is -2.78. The van der Waals surface area contributed by atoms with Gasteiger partial charge in [-0.1, -0.05) is 31.4 Å². The van der Waals surface area contributed by atoms with Crippen molar-refractivity contribution >= 4 is 21.8 Å². The molecule has 2 amide bonds. The molecule has 0 radical (unpaired) electrons. The van der Waals surface area contributed by atoms with Gasteiger partial charge in [-0.05, 0) is 60.7 Å². The molecule has 1 aliphatic carbocycles. The summed E-state index contributed by atoms with van der Waals surface area (Å²) in [4.78, 5) is 26.6. The summed E-state index contributed by atoms with van der Waals surface area (Å²) in [6.45, 7) is 1.52. The van der Waals surface area contributed by atoms with Gasteiger partial charge in [-0.15, -0.1) is 4.83 Å². The van der Waals surface area contributed by atoms with Crippen molar-refractivity contribution in [3.8, 4) is 11.1 Å². The predicted molar refractivity (Wildman–Crippen MR) is 116 cm³/mol. The molecule has 166 valence electrons. The zero-order valence-corrected chi connectivity index (χ0v) is 18.3. The number of sulfonamides is 1. The van der Waals surface area contributed by atoms with E-state index in [0.29, 0.717) is 29.5 Å². The number of hydrogen-bond donors (Lipinski definition) is 3. The number of nitrogens with one attached hydrogen (secondary N) is 3. The van der Waals surface area contributed by atoms with E-state index in [9.17, 15) is 22.4 Å². The first kappa shape index (κ1) is 22.9. The molecule has 0 spiro atoms. The van der Waals surface area contributed by atoms with Gasteiger partial charge in [-0.2, -0.15) is 0 Å². The van der Waals surface area contributed by atoms with Gasteiger partial charge in [0.1, 0.15) is 5.82 Å². The van der Waals surface area contributed by atoms with Crippen LogP contribution < -0.4 is 15.6 Å². The molecule has 3 rings (SSSR count). The average molecular weight is 448 g/mol. The van der Waals surface area contributed by atoms with Gasteiger partial charge in [0.25, 0.3) is 11.8 Å². The second kappa shape index (κ2) is 9.57. The second-order valence-electron chi connectivity index (χ2n) is 7.68. The zero-order chi connectivity index (χ0) is 22.6. The first-order valence-electron chi connectivity index (χ1n) is 10.2. The summed E-state index contributed by atoms with van der Waals surface area (Å²) in [5, 5.41) is 1.98. The number of halogens is 1. The average Bonchev–Trinajstić information content (AvgIpc) is 2.79. The van der Waals surface area contributed by atoms with Crippen molar-refractivity contribution in [2.75, 3.05) is 7.05 Å². The highest BCUT2D eigenvalue weighted by atomic mass is 32.2. The van der Waals surface area contributed by atoms with Crippen molar-refractivity contribution in [3.05, 3.63) is 58.9 Å². The van der Waals surface area contributed by atoms with Crippen LogP contribution in [0.2, 0.25) is 0 Å². The smallest absolute Gasteiger partial charge is 0.269 e. The highest BCUT2D eigenvalue weighted by molar-refractivity contribution is 7.90. The van der Waals surface area contributed by atoms with Gasteiger partial charge in [0.05, 0.1) is 10.8 Å². The Morgan fingerprint density at radius 1 is 1.00 bits per heavy atom. The summed E-state index contributed by atoms with van der Waals surface area (Å²) in [6, 6.07) is 9.63. The number of amides is 2. The number of hydrazine groups is 1. The lowest BCUT2D eigenvalue weighted by Crippen LogP contribution is -2.46. The third kappa shape index (κ3) is 5.29. The lowest BCUT2D eigenvalue weighted by Gasteiger charge is -2.22. The van der Waals surface area contributed by atoms with Crippen molar-refractivity contribution in [2.24, 2.45) is 0 Å². The third-order valence-electron chi connectivity index (χ3n) is 5.48. The Morgan fingerprint density at radius 3 is 2.39 bits per heavy atom. The molecule has 9 heteroatoms. The molecule has 31 heavy (non-hydrogen) atoms. The molecular formula is C22H26FN3O4S. The third-order valence-corrected chi connectivity index (χ3v) is 7.22. The van der Waals surface area contributed by atoms with Crippen molar-refractivity contribution in [2.45, 2.75) is 44.3 Å². The van der Waals surface area contributed by atoms with Gasteiger partial charge < -0.3 is 5.32 Å². The Balaban J connectivity index is 1.84. The quantitative estimate of drug-likeness (QED) is 0.592. The Kier molecular flexibility index (Phi) is 7.07. The minimum absolute atomic E-state index is 0.225. The van der Waals surface area contributed by atoms with E-state index in [4.69, 9.17) is 0 Å². The minimum atomic E-state index is -3.74. The van der Waals surface area contributed by atoms with Gasteiger partial charge in [-0.3, -0.25) is 15.0 Å². The molecule has 0 aromatic heterocycles. The molecule has 0 bridgehead atoms. The van der Waals surface area contributed by atoms with Crippen LogP contribution in [0, 0.1) is 12.7 Å². The summed E-state index contributed by atoms with van der Waals surface area (Å²) >= 11 is 0. The van der Waals surface area contributed by atoms with Crippen molar-refractivity contribution in [3.63, 3.8) is 0 Å². The molecule has 7 nitrogen and oxygen atoms in total. The summed E-state index contributed by atoms with van der Waals surface area (Å²) in [7, 11) is -2.22. The van der Waals surface area contributed by atoms with Crippen molar-refractivity contribution < 1.29 is 22.4 Å². The van der Waals surface area contributed by atoms with Crippen LogP contribution in [0.15, 0.2) is 36.4 Å². The number of carbonyl (C=O) groups is 2. The summed E-state index contributed by atoms with van der Waals surface area (Å²) in [5.74, 6) is -1.89. The molecule has 1 saturated carbocycles. The van der Waals surface area contributed by atoms with Crippen LogP contribution in [0.4, 0.5) is 4.39 Å². The SMILES string of the molecule is CNC(=O)c1cccc(-c2cc(C)c(F)c(C(=O)NNS(=O)(=O)C3CCCCC3)c2)c1. The maximum Gasteiger partial charge on any atom is 0.269 e. The van der Waals surface area contributed by atoms with E-state index in [0.717, 1.165) is 19.3 Å². The molecule has 0 saturated heterocycles. The predicted octanol–water partition coefficient (Wildman–Crippen LogP) is 3.06. The Morgan fingerprint density at radius 2 is 1.71 bits per heavy atom. The van der Waals surface area contributed by atoms with Gasteiger partial charge >= 0.3 is 0 Å². The monoisotopic (exact) mass is 447 g/mol. The van der Waals surface area contributed by atoms with Crippen molar-refractivity contribution in [1.29, 1.82) is 0 Å². The summed E-state index contributed by atoms with van der Waals surface area (Å²) < 4.78 is 39.6. The lowest BCUT2D eigenvalue weighted by molar-refractivity contribution is 0.0938. The molecule has 0 unspecified atom stereocenters. The fourth-order valence-electron chi connectivity index (χ4n) is 3.73. The molecule has 0 aliphatic heterocycles. The number of benzene rings is 2. The molecular weight excluding hydrogens is 421 g/mol. The topological polar surface area (TPSA) is 104 Å². The van der Waals surface area contributed by atoms with Gasteiger partial charge in [0.2, 0.25) is 10.0 Å². The molecule has 1 aliphatic rings. The normalized spacial score (nSPS) is 14.8. The van der Waals surface area contributed by atoms with Crippen LogP contribution in [0.3, 0.4) is 0 Å². The lowest BCUT2D eigenvalue weighted by atomic mass is 9.98. The Bertz CT molecular complexity index is 1100. The van der Waals surface area contributed by atoms with Gasteiger partial charge in [-0.25, -0.2) is 12.8 Å². The van der Waals surface area contributed by atoms with Crippen LogP contribution in [0.5, 0.6) is 0 Å². The Labute approximate surface area is 181 Å². The first-order chi connectivity index (χ1) is 14.7. The van der Waals surface area contributed by atoms with E-state index in [1.54, 1.807) is 30.3 Å². The standard InChI is InChI=1S/C22H26FN3O4S/c1-14-11-17(15-7-6-8-16(12-15)21(27)24-2)13-19(20(14)23)22(28)25-26-31(29,30)18-9-4-3-5-10-18/h6-8,11-13,18,26H,3-5,9-10H2,1-2H3,(H,24,27)(H,25,28). The number of rotatable bonds is 6. The van der Waals surface area contributed by atoms with E-state index in [1.165, 1.54) is 20.0 Å². The molecule has 3 N–H and O–H groups in total. The van der Waals surface area contributed by atoms with E-state index >= 15 is 0 Å². The maximum absolute atomic E-state index is 14.7. The minimum Gasteiger partial charge on any atom is -0.355 e. The zero-order valence-electron chi connectivity index (χ0n) is 17.5. The summed E-state index contributed by atoms with van der Waals surface area (Å²) in [6.07, 6.45) is 3.72. The van der Waals surface area contributed by atoms with Crippen LogP contribution in [0.1, 0.15) is 58.4 Å². The van der Waals surface area contributed by atoms with Crippen molar-refractivity contribution in [1.82, 2.24) is 15.6 Å². The number of aryl methyl sites for hydroxylation is 1. The van der Waals surface area contributed by atoms with E-state index in [1.807, 2.05) is 0 Å². The first-order valence-corrected chi connectivity index (χ1v) is 11.7. The van der Waals surface area contributed by atoms with Crippen LogP contribution in [-0.4, -0.2) is 32.5 Å². The van der Waals surface area contributed by atoms with Gasteiger partial charge in [0.15, 0.2) is 0 Å². The number of hydrogen-bond acceptors (Lipinski definition) is 4. The van der Waals surface area contributed by atoms with Crippen LogP contribution in [-0.2, 0) is 10.0 Å². The van der Waals surface area contributed by atoms with Gasteiger partial charge in [0, 0.05) is 12.6 Å². The molecule has 1 fully saturated rings. The van der Waals surface area contributed by atoms with E-state index in [-0.39, 0.29) is 17.0 Å². The fourth-order valence-corrected chi connectivity index (χ4v) is 5.08. The molecule has 2 aromatic carbocycles. The number of carbonyl (C=O) groups excluding carboxylic acids is 2. The van der Waals surface area contributed by atoms with E-state index in [2.05, 4.69) is 15.6 Å². The van der Waals surface area contributed by atoms with Crippen LogP contribution >= 0.6 is 0 Å². The molecule has 2 aromatic rings. The highest BCUT2D eigenvalue weighted by Crippen LogP contribution is 2.26. The highest BCUT2D eigenvalue weighted by Gasteiger charge is 2.28. The van der Waals surface area contributed by atoms with E-state index < -0.39 is 27.0 Å².